The lowest BCUT2D eigenvalue weighted by atomic mass is 9.87. The summed E-state index contributed by atoms with van der Waals surface area (Å²) in [4.78, 5) is 0. The molecule has 0 radical (unpaired) electrons. The summed E-state index contributed by atoms with van der Waals surface area (Å²) in [6.45, 7) is 11.5. The van der Waals surface area contributed by atoms with Gasteiger partial charge in [0.1, 0.15) is 0 Å². The molecule has 4 aromatic carbocycles. The van der Waals surface area contributed by atoms with Crippen molar-refractivity contribution < 1.29 is 13.7 Å². The van der Waals surface area contributed by atoms with Gasteiger partial charge < -0.3 is 9.13 Å². The van der Waals surface area contributed by atoms with Crippen LogP contribution < -0.4 is 0 Å². The first-order valence-corrected chi connectivity index (χ1v) is 12.1. The molecule has 2 aromatic heterocycles. The quantitative estimate of drug-likeness (QED) is 0.234. The van der Waals surface area contributed by atoms with Crippen LogP contribution in [-0.2, 0) is 10.8 Å². The minimum absolute atomic E-state index is 0.0455. The first-order chi connectivity index (χ1) is 21.3. The van der Waals surface area contributed by atoms with Crippen LogP contribution in [0, 0.1) is 0 Å². The zero-order valence-electron chi connectivity index (χ0n) is 31.4. The molecule has 0 atom stereocenters. The van der Waals surface area contributed by atoms with E-state index >= 15 is 0 Å². The maximum absolute atomic E-state index is 9.36. The highest BCUT2D eigenvalue weighted by Gasteiger charge is 2.23. The topological polar surface area (TPSA) is 9.86 Å². The van der Waals surface area contributed by atoms with Crippen LogP contribution in [-0.4, -0.2) is 9.13 Å². The van der Waals surface area contributed by atoms with E-state index < -0.39 is 10.8 Å². The summed E-state index contributed by atoms with van der Waals surface area (Å²) in [6, 6.07) is 8.45. The van der Waals surface area contributed by atoms with Crippen LogP contribution in [0.5, 0.6) is 0 Å². The van der Waals surface area contributed by atoms with E-state index in [0.717, 1.165) is 0 Å². The second-order valence-electron chi connectivity index (χ2n) is 11.2. The second kappa shape index (κ2) is 7.86. The molecule has 0 N–H and O–H groups in total. The van der Waals surface area contributed by atoms with Gasteiger partial charge in [-0.05, 0) is 46.2 Å². The van der Waals surface area contributed by atoms with Crippen LogP contribution in [0.15, 0.2) is 97.1 Å². The van der Waals surface area contributed by atoms with Crippen LogP contribution >= 0.6 is 0 Å². The molecule has 36 heavy (non-hydrogen) atoms. The summed E-state index contributed by atoms with van der Waals surface area (Å²) >= 11 is 0. The van der Waals surface area contributed by atoms with Gasteiger partial charge >= 0.3 is 0 Å². The monoisotopic (exact) mass is 480 g/mol. The Morgan fingerprint density at radius 1 is 0.528 bits per heavy atom. The fourth-order valence-electron chi connectivity index (χ4n) is 4.87. The van der Waals surface area contributed by atoms with Gasteiger partial charge in [-0.2, -0.15) is 0 Å². The zero-order valence-corrected chi connectivity index (χ0v) is 21.4. The van der Waals surface area contributed by atoms with Gasteiger partial charge in [0.05, 0.1) is 36.1 Å². The minimum atomic E-state index is -0.620. The SMILES string of the molecule is [2H]c1c([2H])c([2H])c2c(c1[2H])c(C(C)(C)C)c([2H])n2-c1cccc2c(-n3c([2H])c(C(C)(C)C)c4c([2H])c([2H])c([2H])c([2H])c43)cccc12. The van der Waals surface area contributed by atoms with Crippen molar-refractivity contribution in [2.75, 3.05) is 0 Å². The van der Waals surface area contributed by atoms with Crippen molar-refractivity contribution in [3.05, 3.63) is 108 Å². The standard InChI is InChI=1S/C34H34N2/c1-33(2,3)27-21-35(31-17-9-7-13-25(27)31)29-19-11-16-24-23(29)15-12-20-30(24)36-22-28(34(4,5)6)26-14-8-10-18-32(26)36/h7-22H,1-6H3/i7D,8D,9D,10D,13D,14D,17D,18D,21D,22D. The number of benzene rings is 4. The van der Waals surface area contributed by atoms with Gasteiger partial charge in [-0.25, -0.2) is 0 Å². The average molecular weight is 481 g/mol. The Kier molecular flexibility index (Phi) is 3.08. The number of nitrogens with zero attached hydrogens (tertiary/aromatic N) is 2. The lowest BCUT2D eigenvalue weighted by Gasteiger charge is -2.17. The number of fused-ring (bicyclic) bond motifs is 3. The molecule has 0 saturated carbocycles. The van der Waals surface area contributed by atoms with Crippen molar-refractivity contribution in [1.82, 2.24) is 9.13 Å². The largest absolute Gasteiger partial charge is 0.316 e. The molecule has 0 bridgehead atoms. The van der Waals surface area contributed by atoms with Gasteiger partial charge in [0.2, 0.25) is 0 Å². The van der Waals surface area contributed by atoms with Gasteiger partial charge in [-0.15, -0.1) is 0 Å². The molecule has 180 valence electrons. The lowest BCUT2D eigenvalue weighted by Crippen LogP contribution is -2.10. The number of para-hydroxylation sites is 2. The molecule has 0 spiro atoms. The number of rotatable bonds is 2. The molecule has 0 unspecified atom stereocenters. The highest BCUT2D eigenvalue weighted by Crippen LogP contribution is 2.38. The molecule has 0 fully saturated rings. The van der Waals surface area contributed by atoms with E-state index in [0.29, 0.717) is 44.0 Å². The van der Waals surface area contributed by atoms with E-state index in [-0.39, 0.29) is 71.7 Å². The summed E-state index contributed by atoms with van der Waals surface area (Å²) in [5.41, 5.74) is 1.19. The van der Waals surface area contributed by atoms with Gasteiger partial charge in [0.25, 0.3) is 0 Å². The van der Waals surface area contributed by atoms with Crippen LogP contribution in [0.25, 0.3) is 44.0 Å². The van der Waals surface area contributed by atoms with Gasteiger partial charge in [0, 0.05) is 33.9 Å². The predicted molar refractivity (Wildman–Crippen MR) is 155 cm³/mol. The third-order valence-corrected chi connectivity index (χ3v) is 6.59. The smallest absolute Gasteiger partial charge is 0.0826 e. The third kappa shape index (κ3) is 3.47. The molecular formula is C34H34N2. The second-order valence-corrected chi connectivity index (χ2v) is 11.2. The van der Waals surface area contributed by atoms with Crippen molar-refractivity contribution in [2.24, 2.45) is 0 Å². The molecule has 6 rings (SSSR count). The summed E-state index contributed by atoms with van der Waals surface area (Å²) < 4.78 is 90.8. The van der Waals surface area contributed by atoms with E-state index in [4.69, 9.17) is 11.0 Å². The van der Waals surface area contributed by atoms with Crippen molar-refractivity contribution in [2.45, 2.75) is 52.4 Å². The Hall–Kier alpha value is -3.78. The normalized spacial score (nSPS) is 16.6. The van der Waals surface area contributed by atoms with Crippen LogP contribution in [0.3, 0.4) is 0 Å². The summed E-state index contributed by atoms with van der Waals surface area (Å²) in [5.74, 6) is 0. The average Bonchev–Trinajstić information content (AvgIpc) is 3.47. The predicted octanol–water partition coefficient (Wildman–Crippen LogP) is 9.32. The molecule has 0 saturated heterocycles. The molecule has 0 aliphatic heterocycles. The van der Waals surface area contributed by atoms with Crippen LogP contribution in [0.1, 0.15) is 66.4 Å². The molecule has 2 nitrogen and oxygen atoms in total. The summed E-state index contributed by atoms with van der Waals surface area (Å²) in [5, 5.41) is 1.87. The van der Waals surface area contributed by atoms with Crippen molar-refractivity contribution in [1.29, 1.82) is 0 Å². The first-order valence-electron chi connectivity index (χ1n) is 17.1. The lowest BCUT2D eigenvalue weighted by molar-refractivity contribution is 0.594. The highest BCUT2D eigenvalue weighted by molar-refractivity contribution is 6.00. The number of hydrogen-bond donors (Lipinski definition) is 0. The van der Waals surface area contributed by atoms with Crippen LogP contribution in [0.2, 0.25) is 0 Å². The maximum atomic E-state index is 9.36. The molecule has 6 aromatic rings. The minimum Gasteiger partial charge on any atom is -0.316 e. The van der Waals surface area contributed by atoms with E-state index in [9.17, 15) is 2.74 Å². The zero-order chi connectivity index (χ0) is 33.9. The van der Waals surface area contributed by atoms with E-state index in [1.165, 1.54) is 0 Å². The van der Waals surface area contributed by atoms with Gasteiger partial charge in [-0.1, -0.05) is 102 Å². The Labute approximate surface area is 227 Å². The Bertz CT molecular complexity index is 2120. The Morgan fingerprint density at radius 3 is 1.31 bits per heavy atom. The summed E-state index contributed by atoms with van der Waals surface area (Å²) in [6.07, 6.45) is 0.0910. The number of hydrogen-bond acceptors (Lipinski definition) is 0. The van der Waals surface area contributed by atoms with E-state index in [1.54, 1.807) is 33.4 Å². The van der Waals surface area contributed by atoms with Gasteiger partial charge in [-0.3, -0.25) is 0 Å². The number of aromatic nitrogens is 2. The highest BCUT2D eigenvalue weighted by atomic mass is 15.0. The van der Waals surface area contributed by atoms with Crippen LogP contribution in [0.4, 0.5) is 0 Å². The fourth-order valence-corrected chi connectivity index (χ4v) is 4.87. The summed E-state index contributed by atoms with van der Waals surface area (Å²) in [7, 11) is 0. The first kappa shape index (κ1) is 14.1. The van der Waals surface area contributed by atoms with E-state index in [1.807, 2.05) is 53.7 Å². The Balaban J connectivity index is 1.80. The van der Waals surface area contributed by atoms with Crippen molar-refractivity contribution >= 4 is 32.6 Å². The molecule has 0 aliphatic carbocycles. The molecule has 0 amide bonds. The fraction of sp³-hybridized carbons (Fsp3) is 0.235. The van der Waals surface area contributed by atoms with Crippen molar-refractivity contribution in [3.8, 4) is 11.4 Å². The van der Waals surface area contributed by atoms with E-state index in [2.05, 4.69) is 0 Å². The molecular weight excluding hydrogens is 436 g/mol. The van der Waals surface area contributed by atoms with Crippen molar-refractivity contribution in [3.63, 3.8) is 0 Å². The third-order valence-electron chi connectivity index (χ3n) is 6.59. The molecule has 2 heteroatoms. The maximum Gasteiger partial charge on any atom is 0.0826 e. The van der Waals surface area contributed by atoms with Gasteiger partial charge in [0.15, 0.2) is 0 Å². The molecule has 0 aliphatic rings. The molecule has 2 heterocycles. The Morgan fingerprint density at radius 2 is 0.917 bits per heavy atom.